The van der Waals surface area contributed by atoms with Crippen molar-refractivity contribution in [3.63, 3.8) is 0 Å². The summed E-state index contributed by atoms with van der Waals surface area (Å²) in [5.41, 5.74) is 1.55. The highest BCUT2D eigenvalue weighted by Crippen LogP contribution is 2.22. The normalized spacial score (nSPS) is 18.3. The number of amides is 2. The van der Waals surface area contributed by atoms with Gasteiger partial charge < -0.3 is 14.8 Å². The number of anilines is 1. The molecule has 1 aliphatic carbocycles. The zero-order chi connectivity index (χ0) is 21.3. The minimum atomic E-state index is -0.571. The van der Waals surface area contributed by atoms with Gasteiger partial charge in [0.25, 0.3) is 0 Å². The maximum atomic E-state index is 12.9. The van der Waals surface area contributed by atoms with Crippen molar-refractivity contribution >= 4 is 17.7 Å². The first-order valence-electron chi connectivity index (χ1n) is 10.2. The standard InChI is InChI=1S/C23H27FN2O4/c1-29-20-12-5-16(6-13-20)7-14-22(27)25-19-3-2-4-21(15-19)30-23(28)26-18-10-8-17(24)9-11-18/h5-6,8-13,19,21H,2-4,7,14-15H2,1H3,(H,25,27)(H,26,28)/t19-,21-/m0/s1. The Morgan fingerprint density at radius 3 is 2.50 bits per heavy atom. The number of methoxy groups -OCH3 is 1. The van der Waals surface area contributed by atoms with Gasteiger partial charge in [0.15, 0.2) is 0 Å². The number of aryl methyl sites for hydroxylation is 1. The van der Waals surface area contributed by atoms with Crippen molar-refractivity contribution in [3.8, 4) is 5.75 Å². The third kappa shape index (κ3) is 6.76. The lowest BCUT2D eigenvalue weighted by molar-refractivity contribution is -0.122. The molecule has 0 spiro atoms. The van der Waals surface area contributed by atoms with Crippen LogP contribution in [0.5, 0.6) is 5.75 Å². The fourth-order valence-corrected chi connectivity index (χ4v) is 3.56. The van der Waals surface area contributed by atoms with E-state index in [0.29, 0.717) is 24.9 Å². The van der Waals surface area contributed by atoms with Gasteiger partial charge in [-0.25, -0.2) is 9.18 Å². The Morgan fingerprint density at radius 1 is 1.07 bits per heavy atom. The quantitative estimate of drug-likeness (QED) is 0.702. The smallest absolute Gasteiger partial charge is 0.411 e. The van der Waals surface area contributed by atoms with Crippen molar-refractivity contribution in [2.45, 2.75) is 50.7 Å². The Labute approximate surface area is 175 Å². The molecule has 2 amide bonds. The Balaban J connectivity index is 1.40. The number of nitrogens with one attached hydrogen (secondary N) is 2. The molecule has 30 heavy (non-hydrogen) atoms. The van der Waals surface area contributed by atoms with E-state index in [1.54, 1.807) is 7.11 Å². The Morgan fingerprint density at radius 2 is 1.80 bits per heavy atom. The molecular weight excluding hydrogens is 387 g/mol. The van der Waals surface area contributed by atoms with Crippen LogP contribution in [-0.4, -0.2) is 31.3 Å². The van der Waals surface area contributed by atoms with Crippen molar-refractivity contribution < 1.29 is 23.5 Å². The molecule has 2 atom stereocenters. The Hall–Kier alpha value is -3.09. The van der Waals surface area contributed by atoms with Gasteiger partial charge in [-0.05, 0) is 67.6 Å². The first-order chi connectivity index (χ1) is 14.5. The zero-order valence-electron chi connectivity index (χ0n) is 17.0. The lowest BCUT2D eigenvalue weighted by Gasteiger charge is -2.29. The van der Waals surface area contributed by atoms with Gasteiger partial charge in [-0.15, -0.1) is 0 Å². The van der Waals surface area contributed by atoms with Gasteiger partial charge in [0, 0.05) is 24.6 Å². The average molecular weight is 414 g/mol. The molecule has 0 saturated heterocycles. The monoisotopic (exact) mass is 414 g/mol. The zero-order valence-corrected chi connectivity index (χ0v) is 17.0. The topological polar surface area (TPSA) is 76.7 Å². The van der Waals surface area contributed by atoms with Gasteiger partial charge in [-0.2, -0.15) is 0 Å². The van der Waals surface area contributed by atoms with Crippen molar-refractivity contribution in [3.05, 3.63) is 59.9 Å². The van der Waals surface area contributed by atoms with E-state index in [0.717, 1.165) is 30.6 Å². The number of carbonyl (C=O) groups excluding carboxylic acids is 2. The van der Waals surface area contributed by atoms with Gasteiger partial charge in [-0.1, -0.05) is 12.1 Å². The molecule has 0 unspecified atom stereocenters. The molecule has 0 aromatic heterocycles. The predicted octanol–water partition coefficient (Wildman–Crippen LogP) is 4.44. The molecule has 0 radical (unpaired) electrons. The first-order valence-corrected chi connectivity index (χ1v) is 10.2. The number of halogens is 1. The number of rotatable bonds is 7. The summed E-state index contributed by atoms with van der Waals surface area (Å²) in [5, 5.41) is 5.65. The van der Waals surface area contributed by atoms with E-state index in [1.165, 1.54) is 24.3 Å². The third-order valence-corrected chi connectivity index (χ3v) is 5.16. The molecule has 2 aromatic carbocycles. The number of benzene rings is 2. The summed E-state index contributed by atoms with van der Waals surface area (Å²) in [5.74, 6) is 0.416. The highest BCUT2D eigenvalue weighted by Gasteiger charge is 2.26. The van der Waals surface area contributed by atoms with E-state index in [1.807, 2.05) is 24.3 Å². The largest absolute Gasteiger partial charge is 0.497 e. The Bertz CT molecular complexity index is 839. The predicted molar refractivity (Wildman–Crippen MR) is 112 cm³/mol. The fourth-order valence-electron chi connectivity index (χ4n) is 3.56. The minimum absolute atomic E-state index is 0.00719. The fraction of sp³-hybridized carbons (Fsp3) is 0.391. The van der Waals surface area contributed by atoms with E-state index >= 15 is 0 Å². The number of hydrogen-bond acceptors (Lipinski definition) is 4. The second kappa shape index (κ2) is 10.6. The SMILES string of the molecule is COc1ccc(CCC(=O)N[C@H]2CCC[C@H](OC(=O)Nc3ccc(F)cc3)C2)cc1. The molecular formula is C23H27FN2O4. The molecule has 2 N–H and O–H groups in total. The molecule has 0 heterocycles. The molecule has 7 heteroatoms. The van der Waals surface area contributed by atoms with Gasteiger partial charge in [-0.3, -0.25) is 10.1 Å². The van der Waals surface area contributed by atoms with Crippen LogP contribution in [0.15, 0.2) is 48.5 Å². The summed E-state index contributed by atoms with van der Waals surface area (Å²) in [6.07, 6.45) is 3.32. The summed E-state index contributed by atoms with van der Waals surface area (Å²) < 4.78 is 23.6. The van der Waals surface area contributed by atoms with Gasteiger partial charge in [0.05, 0.1) is 7.11 Å². The maximum absolute atomic E-state index is 12.9. The summed E-state index contributed by atoms with van der Waals surface area (Å²) in [7, 11) is 1.62. The summed E-state index contributed by atoms with van der Waals surface area (Å²) in [4.78, 5) is 24.4. The highest BCUT2D eigenvalue weighted by atomic mass is 19.1. The molecule has 160 valence electrons. The molecule has 3 rings (SSSR count). The number of carbonyl (C=O) groups is 2. The van der Waals surface area contributed by atoms with Crippen molar-refractivity contribution in [1.82, 2.24) is 5.32 Å². The number of ether oxygens (including phenoxy) is 2. The van der Waals surface area contributed by atoms with E-state index < -0.39 is 6.09 Å². The molecule has 6 nitrogen and oxygen atoms in total. The van der Waals surface area contributed by atoms with E-state index in [4.69, 9.17) is 9.47 Å². The van der Waals surface area contributed by atoms with Gasteiger partial charge in [0.1, 0.15) is 17.7 Å². The molecule has 1 fully saturated rings. The van der Waals surface area contributed by atoms with Crippen molar-refractivity contribution in [2.75, 3.05) is 12.4 Å². The third-order valence-electron chi connectivity index (χ3n) is 5.16. The highest BCUT2D eigenvalue weighted by molar-refractivity contribution is 5.84. The first kappa shape index (κ1) is 21.6. The van der Waals surface area contributed by atoms with Crippen LogP contribution in [0.4, 0.5) is 14.9 Å². The number of hydrogen-bond donors (Lipinski definition) is 2. The average Bonchev–Trinajstić information content (AvgIpc) is 2.74. The van der Waals surface area contributed by atoms with Gasteiger partial charge >= 0.3 is 6.09 Å². The van der Waals surface area contributed by atoms with Crippen LogP contribution in [0.3, 0.4) is 0 Å². The summed E-state index contributed by atoms with van der Waals surface area (Å²) in [6, 6.07) is 13.2. The van der Waals surface area contributed by atoms with Crippen molar-refractivity contribution in [1.29, 1.82) is 0 Å². The van der Waals surface area contributed by atoms with Crippen molar-refractivity contribution in [2.24, 2.45) is 0 Å². The molecule has 0 bridgehead atoms. The van der Waals surface area contributed by atoms with Crippen LogP contribution in [0.25, 0.3) is 0 Å². The van der Waals surface area contributed by atoms with Crippen LogP contribution in [-0.2, 0) is 16.0 Å². The lowest BCUT2D eigenvalue weighted by Crippen LogP contribution is -2.41. The lowest BCUT2D eigenvalue weighted by atomic mass is 9.92. The van der Waals surface area contributed by atoms with Crippen LogP contribution >= 0.6 is 0 Å². The minimum Gasteiger partial charge on any atom is -0.497 e. The van der Waals surface area contributed by atoms with Gasteiger partial charge in [0.2, 0.25) is 5.91 Å². The summed E-state index contributed by atoms with van der Waals surface area (Å²) >= 11 is 0. The van der Waals surface area contributed by atoms with Crippen LogP contribution in [0.2, 0.25) is 0 Å². The van der Waals surface area contributed by atoms with Crippen LogP contribution < -0.4 is 15.4 Å². The molecule has 1 saturated carbocycles. The molecule has 2 aromatic rings. The van der Waals surface area contributed by atoms with E-state index in [9.17, 15) is 14.0 Å². The second-order valence-corrected chi connectivity index (χ2v) is 7.44. The van der Waals surface area contributed by atoms with Crippen LogP contribution in [0, 0.1) is 5.82 Å². The van der Waals surface area contributed by atoms with E-state index in [-0.39, 0.29) is 23.9 Å². The van der Waals surface area contributed by atoms with Crippen LogP contribution in [0.1, 0.15) is 37.7 Å². The second-order valence-electron chi connectivity index (χ2n) is 7.44. The Kier molecular flexibility index (Phi) is 7.65. The van der Waals surface area contributed by atoms with E-state index in [2.05, 4.69) is 10.6 Å². The maximum Gasteiger partial charge on any atom is 0.411 e. The molecule has 0 aliphatic heterocycles. The summed E-state index contributed by atoms with van der Waals surface area (Å²) in [6.45, 7) is 0. The molecule has 1 aliphatic rings.